The zero-order valence-corrected chi connectivity index (χ0v) is 18.1. The molecule has 160 valence electrons. The number of anilines is 1. The van der Waals surface area contributed by atoms with E-state index in [0.29, 0.717) is 29.6 Å². The maximum absolute atomic E-state index is 12.6. The highest BCUT2D eigenvalue weighted by atomic mass is 32.2. The molecule has 0 fully saturated rings. The van der Waals surface area contributed by atoms with Crippen LogP contribution in [0.2, 0.25) is 0 Å². The van der Waals surface area contributed by atoms with Gasteiger partial charge in [-0.05, 0) is 36.8 Å². The molecule has 0 atom stereocenters. The van der Waals surface area contributed by atoms with Gasteiger partial charge in [0.05, 0.1) is 10.6 Å². The molecular formula is C20H20N6O3S2. The first-order valence-electron chi connectivity index (χ1n) is 9.55. The fourth-order valence-electron chi connectivity index (χ4n) is 2.99. The molecule has 31 heavy (non-hydrogen) atoms. The summed E-state index contributed by atoms with van der Waals surface area (Å²) in [6, 6.07) is 15.7. The summed E-state index contributed by atoms with van der Waals surface area (Å²) in [5, 5.41) is 11.3. The normalized spacial score (nSPS) is 13.6. The number of amidine groups is 1. The van der Waals surface area contributed by atoms with Crippen LogP contribution < -0.4 is 10.0 Å². The van der Waals surface area contributed by atoms with E-state index >= 15 is 0 Å². The highest BCUT2D eigenvalue weighted by Gasteiger charge is 2.19. The Morgan fingerprint density at radius 1 is 1.13 bits per heavy atom. The Kier molecular flexibility index (Phi) is 6.33. The Morgan fingerprint density at radius 2 is 1.97 bits per heavy atom. The zero-order valence-electron chi connectivity index (χ0n) is 16.4. The number of thioether (sulfide) groups is 1. The van der Waals surface area contributed by atoms with Crippen molar-refractivity contribution < 1.29 is 13.2 Å². The predicted molar refractivity (Wildman–Crippen MR) is 119 cm³/mol. The third-order valence-corrected chi connectivity index (χ3v) is 6.76. The molecule has 11 heteroatoms. The van der Waals surface area contributed by atoms with Gasteiger partial charge >= 0.3 is 0 Å². The number of benzene rings is 2. The summed E-state index contributed by atoms with van der Waals surface area (Å²) in [5.41, 5.74) is 1.29. The van der Waals surface area contributed by atoms with Crippen molar-refractivity contribution in [2.45, 2.75) is 22.9 Å². The number of rotatable bonds is 7. The molecule has 0 saturated carbocycles. The van der Waals surface area contributed by atoms with Crippen molar-refractivity contribution in [3.63, 3.8) is 0 Å². The number of hydrogen-bond acceptors (Lipinski definition) is 7. The van der Waals surface area contributed by atoms with Crippen molar-refractivity contribution in [3.05, 3.63) is 60.9 Å². The Balaban J connectivity index is 1.39. The van der Waals surface area contributed by atoms with E-state index in [-0.39, 0.29) is 16.6 Å². The van der Waals surface area contributed by atoms with Gasteiger partial charge in [0.25, 0.3) is 10.0 Å². The number of sulfonamides is 1. The second-order valence-electron chi connectivity index (χ2n) is 6.72. The van der Waals surface area contributed by atoms with Crippen LogP contribution in [0.5, 0.6) is 0 Å². The molecule has 1 amide bonds. The quantitative estimate of drug-likeness (QED) is 0.527. The second-order valence-corrected chi connectivity index (χ2v) is 9.35. The maximum Gasteiger partial charge on any atom is 0.262 e. The van der Waals surface area contributed by atoms with E-state index in [9.17, 15) is 13.2 Å². The van der Waals surface area contributed by atoms with Crippen LogP contribution in [0.25, 0.3) is 5.69 Å². The molecular weight excluding hydrogens is 436 g/mol. The topological polar surface area (TPSA) is 118 Å². The number of carbonyl (C=O) groups is 1. The summed E-state index contributed by atoms with van der Waals surface area (Å²) >= 11 is 1.24. The van der Waals surface area contributed by atoms with E-state index < -0.39 is 10.0 Å². The average Bonchev–Trinajstić information content (AvgIpc) is 3.45. The van der Waals surface area contributed by atoms with Gasteiger partial charge in [0.15, 0.2) is 5.16 Å². The lowest BCUT2D eigenvalue weighted by Gasteiger charge is -2.10. The molecule has 0 radical (unpaired) electrons. The number of nitrogens with one attached hydrogen (secondary N) is 2. The largest absolute Gasteiger partial charge is 0.325 e. The summed E-state index contributed by atoms with van der Waals surface area (Å²) in [5.74, 6) is 0.279. The van der Waals surface area contributed by atoms with Crippen LogP contribution in [0.15, 0.2) is 76.0 Å². The third kappa shape index (κ3) is 5.30. The van der Waals surface area contributed by atoms with Gasteiger partial charge in [0.2, 0.25) is 5.91 Å². The molecule has 0 saturated heterocycles. The van der Waals surface area contributed by atoms with Crippen LogP contribution in [0.3, 0.4) is 0 Å². The van der Waals surface area contributed by atoms with E-state index in [1.807, 2.05) is 30.3 Å². The van der Waals surface area contributed by atoms with Crippen LogP contribution in [-0.4, -0.2) is 47.2 Å². The van der Waals surface area contributed by atoms with Crippen molar-refractivity contribution >= 4 is 39.2 Å². The molecule has 0 aliphatic carbocycles. The summed E-state index contributed by atoms with van der Waals surface area (Å²) in [4.78, 5) is 16.6. The van der Waals surface area contributed by atoms with Crippen molar-refractivity contribution in [2.75, 3.05) is 17.6 Å². The lowest BCUT2D eigenvalue weighted by Crippen LogP contribution is -2.29. The summed E-state index contributed by atoms with van der Waals surface area (Å²) < 4.78 is 29.4. The van der Waals surface area contributed by atoms with Gasteiger partial charge in [-0.2, -0.15) is 0 Å². The van der Waals surface area contributed by atoms with Gasteiger partial charge in [-0.25, -0.2) is 8.42 Å². The van der Waals surface area contributed by atoms with Gasteiger partial charge < -0.3 is 5.32 Å². The van der Waals surface area contributed by atoms with E-state index in [2.05, 4.69) is 25.2 Å². The Morgan fingerprint density at radius 3 is 2.74 bits per heavy atom. The Hall–Kier alpha value is -3.18. The molecule has 9 nitrogen and oxygen atoms in total. The number of aliphatic imine (C=N–C) groups is 1. The molecule has 2 aromatic carbocycles. The van der Waals surface area contributed by atoms with Crippen molar-refractivity contribution in [2.24, 2.45) is 4.99 Å². The number of hydrogen-bond donors (Lipinski definition) is 2. The first-order valence-corrected chi connectivity index (χ1v) is 12.0. The Labute approximate surface area is 184 Å². The predicted octanol–water partition coefficient (Wildman–Crippen LogP) is 2.47. The lowest BCUT2D eigenvalue weighted by atomic mass is 10.3. The third-order valence-electron chi connectivity index (χ3n) is 4.44. The molecule has 2 N–H and O–H groups in total. The fraction of sp³-hybridized carbons (Fsp3) is 0.200. The first-order chi connectivity index (χ1) is 15.0. The molecule has 3 aromatic rings. The minimum absolute atomic E-state index is 0.0661. The molecule has 1 aliphatic rings. The van der Waals surface area contributed by atoms with Crippen molar-refractivity contribution in [3.8, 4) is 5.69 Å². The van der Waals surface area contributed by atoms with Crippen LogP contribution in [-0.2, 0) is 14.8 Å². The lowest BCUT2D eigenvalue weighted by molar-refractivity contribution is -0.113. The van der Waals surface area contributed by atoms with Gasteiger partial charge in [-0.15, -0.1) is 10.2 Å². The SMILES string of the molecule is O=C(CSc1nncn1-c1ccccc1)Nc1cccc(S(=O)(=O)NC2=NCCC2)c1. The van der Waals surface area contributed by atoms with Crippen molar-refractivity contribution in [1.82, 2.24) is 19.5 Å². The summed E-state index contributed by atoms with van der Waals surface area (Å²) in [7, 11) is -3.74. The smallest absolute Gasteiger partial charge is 0.262 e. The van der Waals surface area contributed by atoms with Gasteiger partial charge in [0.1, 0.15) is 12.2 Å². The van der Waals surface area contributed by atoms with E-state index in [1.54, 1.807) is 23.0 Å². The minimum Gasteiger partial charge on any atom is -0.325 e. The first kappa shape index (κ1) is 21.1. The summed E-state index contributed by atoms with van der Waals surface area (Å²) in [6.45, 7) is 0.629. The fourth-order valence-corrected chi connectivity index (χ4v) is 4.86. The average molecular weight is 457 g/mol. The van der Waals surface area contributed by atoms with E-state index in [1.165, 1.54) is 23.9 Å². The van der Waals surface area contributed by atoms with Gasteiger partial charge in [-0.3, -0.25) is 19.1 Å². The van der Waals surface area contributed by atoms with Gasteiger partial charge in [-0.1, -0.05) is 36.0 Å². The van der Waals surface area contributed by atoms with Crippen LogP contribution in [0.1, 0.15) is 12.8 Å². The number of amides is 1. The van der Waals surface area contributed by atoms with Gasteiger partial charge in [0, 0.05) is 24.3 Å². The molecule has 2 heterocycles. The minimum atomic E-state index is -3.74. The molecule has 0 bridgehead atoms. The molecule has 1 aromatic heterocycles. The highest BCUT2D eigenvalue weighted by Crippen LogP contribution is 2.21. The van der Waals surface area contributed by atoms with E-state index in [4.69, 9.17) is 0 Å². The zero-order chi connectivity index (χ0) is 21.7. The van der Waals surface area contributed by atoms with Crippen LogP contribution in [0, 0.1) is 0 Å². The summed E-state index contributed by atoms with van der Waals surface area (Å²) in [6.07, 6.45) is 3.04. The number of nitrogens with zero attached hydrogens (tertiary/aromatic N) is 4. The van der Waals surface area contributed by atoms with Crippen LogP contribution >= 0.6 is 11.8 Å². The standard InChI is InChI=1S/C20H20N6O3S2/c27-19(13-30-20-24-22-14-26(20)16-7-2-1-3-8-16)23-15-6-4-9-17(12-15)31(28,29)25-18-10-5-11-21-18/h1-4,6-9,12,14H,5,10-11,13H2,(H,21,25)(H,23,27). The second kappa shape index (κ2) is 9.31. The number of aromatic nitrogens is 3. The molecule has 4 rings (SSSR count). The maximum atomic E-state index is 12.6. The number of para-hydroxylation sites is 1. The molecule has 0 unspecified atom stereocenters. The van der Waals surface area contributed by atoms with E-state index in [0.717, 1.165) is 12.1 Å². The van der Waals surface area contributed by atoms with Crippen LogP contribution in [0.4, 0.5) is 5.69 Å². The number of carbonyl (C=O) groups excluding carboxylic acids is 1. The van der Waals surface area contributed by atoms with Crippen molar-refractivity contribution in [1.29, 1.82) is 0 Å². The Bertz CT molecular complexity index is 1210. The molecule has 1 aliphatic heterocycles. The molecule has 0 spiro atoms. The monoisotopic (exact) mass is 456 g/mol. The highest BCUT2D eigenvalue weighted by molar-refractivity contribution is 7.99.